The molecule has 2 unspecified atom stereocenters. The van der Waals surface area contributed by atoms with Gasteiger partial charge >= 0.3 is 12.1 Å². The molecule has 0 radical (unpaired) electrons. The zero-order chi connectivity index (χ0) is 29.2. The van der Waals surface area contributed by atoms with Crippen molar-refractivity contribution in [3.63, 3.8) is 0 Å². The number of carbonyl (C=O) groups excluding carboxylic acids is 4. The molecule has 3 amide bonds. The number of amides is 3. The van der Waals surface area contributed by atoms with Gasteiger partial charge in [-0.1, -0.05) is 55.8 Å². The first-order valence-corrected chi connectivity index (χ1v) is 15.6. The molecular weight excluding hydrogens is 570 g/mol. The van der Waals surface area contributed by atoms with Gasteiger partial charge in [0.2, 0.25) is 11.8 Å². The molecule has 3 atom stereocenters. The molecule has 3 aliphatic rings. The maximum Gasteiger partial charge on any atom is 0.417 e. The zero-order valence-electron chi connectivity index (χ0n) is 23.5. The number of halogens is 1. The third-order valence-electron chi connectivity index (χ3n) is 8.28. The van der Waals surface area contributed by atoms with Crippen molar-refractivity contribution in [2.45, 2.75) is 87.6 Å². The summed E-state index contributed by atoms with van der Waals surface area (Å²) in [5.74, 6) is -1.20. The Morgan fingerprint density at radius 3 is 2.63 bits per heavy atom. The molecule has 4 rings (SSSR count). The van der Waals surface area contributed by atoms with Crippen molar-refractivity contribution in [2.24, 2.45) is 11.8 Å². The molecule has 3 fully saturated rings. The van der Waals surface area contributed by atoms with Gasteiger partial charge in [-0.3, -0.25) is 14.3 Å². The van der Waals surface area contributed by atoms with Crippen LogP contribution in [0.2, 0.25) is 5.02 Å². The van der Waals surface area contributed by atoms with E-state index in [9.17, 15) is 19.2 Å². The molecule has 12 heteroatoms. The van der Waals surface area contributed by atoms with E-state index >= 15 is 0 Å². The van der Waals surface area contributed by atoms with Crippen LogP contribution < -0.4 is 15.4 Å². The maximum absolute atomic E-state index is 13.6. The molecule has 41 heavy (non-hydrogen) atoms. The van der Waals surface area contributed by atoms with Gasteiger partial charge in [0.15, 0.2) is 0 Å². The summed E-state index contributed by atoms with van der Waals surface area (Å²) in [5.41, 5.74) is 0.424. The second kappa shape index (κ2) is 15.1. The summed E-state index contributed by atoms with van der Waals surface area (Å²) in [7, 11) is 1.27. The van der Waals surface area contributed by atoms with Crippen LogP contribution in [-0.4, -0.2) is 61.0 Å². The summed E-state index contributed by atoms with van der Waals surface area (Å²) in [6.07, 6.45) is 7.46. The van der Waals surface area contributed by atoms with Gasteiger partial charge in [-0.15, -0.1) is 0 Å². The minimum atomic E-state index is -0.984. The van der Waals surface area contributed by atoms with E-state index in [4.69, 9.17) is 25.8 Å². The molecule has 1 spiro atoms. The van der Waals surface area contributed by atoms with Crippen molar-refractivity contribution >= 4 is 47.4 Å². The molecule has 2 aliphatic heterocycles. The number of hydrogen-bond acceptors (Lipinski definition) is 8. The molecule has 226 valence electrons. The smallest absolute Gasteiger partial charge is 0.417 e. The predicted octanol–water partition coefficient (Wildman–Crippen LogP) is 4.29. The lowest BCUT2D eigenvalue weighted by Crippen LogP contribution is -2.47. The lowest BCUT2D eigenvalue weighted by Gasteiger charge is -2.33. The summed E-state index contributed by atoms with van der Waals surface area (Å²) < 4.78 is 18.4. The number of ether oxygens (including phenoxy) is 3. The highest BCUT2D eigenvalue weighted by Gasteiger charge is 2.46. The average Bonchev–Trinajstić information content (AvgIpc) is 3.27. The van der Waals surface area contributed by atoms with E-state index in [0.29, 0.717) is 37.0 Å². The Hall–Kier alpha value is -2.50. The first-order chi connectivity index (χ1) is 19.8. The quantitative estimate of drug-likeness (QED) is 0.250. The Morgan fingerprint density at radius 1 is 1.17 bits per heavy atom. The predicted molar refractivity (Wildman–Crippen MR) is 155 cm³/mol. The number of methoxy groups -OCH3 is 1. The number of rotatable bonds is 11. The van der Waals surface area contributed by atoms with E-state index in [0.717, 1.165) is 56.0 Å². The van der Waals surface area contributed by atoms with Crippen LogP contribution in [0, 0.1) is 11.8 Å². The fourth-order valence-corrected chi connectivity index (χ4v) is 7.08. The van der Waals surface area contributed by atoms with Gasteiger partial charge in [0.05, 0.1) is 7.11 Å². The van der Waals surface area contributed by atoms with E-state index in [1.165, 1.54) is 13.5 Å². The fourth-order valence-electron chi connectivity index (χ4n) is 6.02. The summed E-state index contributed by atoms with van der Waals surface area (Å²) >= 11 is 6.98. The highest BCUT2D eigenvalue weighted by atomic mass is 35.5. The summed E-state index contributed by atoms with van der Waals surface area (Å²) in [5, 5.41) is 5.85. The Kier molecular flexibility index (Phi) is 11.6. The Bertz CT molecular complexity index is 1080. The highest BCUT2D eigenvalue weighted by Crippen LogP contribution is 2.36. The number of carbonyl (C=O) groups is 4. The molecule has 10 nitrogen and oxygen atoms in total. The Labute approximate surface area is 250 Å². The lowest BCUT2D eigenvalue weighted by molar-refractivity contribution is -0.145. The molecule has 1 aromatic rings. The van der Waals surface area contributed by atoms with Gasteiger partial charge in [-0.05, 0) is 67.7 Å². The summed E-state index contributed by atoms with van der Waals surface area (Å²) in [4.78, 5) is 51.6. The van der Waals surface area contributed by atoms with Crippen molar-refractivity contribution in [3.8, 4) is 0 Å². The van der Waals surface area contributed by atoms with E-state index in [1.54, 1.807) is 24.3 Å². The minimum Gasteiger partial charge on any atom is -0.467 e. The van der Waals surface area contributed by atoms with Crippen LogP contribution in [0.1, 0.15) is 69.8 Å². The monoisotopic (exact) mass is 609 g/mol. The van der Waals surface area contributed by atoms with Crippen LogP contribution in [0.15, 0.2) is 24.3 Å². The molecule has 1 aromatic carbocycles. The lowest BCUT2D eigenvalue weighted by atomic mass is 9.83. The van der Waals surface area contributed by atoms with Crippen molar-refractivity contribution in [3.05, 3.63) is 34.9 Å². The molecule has 0 bridgehead atoms. The Morgan fingerprint density at radius 2 is 1.93 bits per heavy atom. The summed E-state index contributed by atoms with van der Waals surface area (Å²) in [6, 6.07) is 6.03. The topological polar surface area (TPSA) is 132 Å². The van der Waals surface area contributed by atoms with Crippen LogP contribution in [0.4, 0.5) is 4.79 Å². The number of hydrogen-bond donors (Lipinski definition) is 3. The van der Waals surface area contributed by atoms with Crippen molar-refractivity contribution in [2.75, 3.05) is 20.3 Å². The molecular formula is C29H40ClN3O7S. The van der Waals surface area contributed by atoms with Gasteiger partial charge in [0.1, 0.15) is 17.9 Å². The van der Waals surface area contributed by atoms with Gasteiger partial charge < -0.3 is 24.8 Å². The van der Waals surface area contributed by atoms with E-state index in [-0.39, 0.29) is 30.4 Å². The van der Waals surface area contributed by atoms with Gasteiger partial charge in [0.25, 0.3) is 0 Å². The maximum atomic E-state index is 13.6. The molecule has 0 aromatic heterocycles. The second-order valence-electron chi connectivity index (χ2n) is 11.3. The molecule has 2 saturated heterocycles. The molecule has 2 heterocycles. The van der Waals surface area contributed by atoms with Crippen LogP contribution in [-0.2, 0) is 35.2 Å². The number of nitrogens with one attached hydrogen (secondary N) is 3. The van der Waals surface area contributed by atoms with Crippen molar-refractivity contribution < 1.29 is 33.4 Å². The highest BCUT2D eigenvalue weighted by molar-refractivity contribution is 7.99. The fraction of sp³-hybridized carbons (Fsp3) is 0.655. The number of benzene rings is 1. The third kappa shape index (κ3) is 9.24. The minimum absolute atomic E-state index is 0.0356. The van der Waals surface area contributed by atoms with E-state index in [1.807, 2.05) is 0 Å². The normalized spacial score (nSPS) is 21.9. The molecule has 1 saturated carbocycles. The number of esters is 1. The summed E-state index contributed by atoms with van der Waals surface area (Å²) in [6.45, 7) is 1.20. The van der Waals surface area contributed by atoms with E-state index < -0.39 is 29.3 Å². The zero-order valence-corrected chi connectivity index (χ0v) is 25.0. The van der Waals surface area contributed by atoms with Crippen LogP contribution in [0.5, 0.6) is 0 Å². The first-order valence-electron chi connectivity index (χ1n) is 14.4. The van der Waals surface area contributed by atoms with Crippen LogP contribution in [0.25, 0.3) is 0 Å². The molecule has 1 aliphatic carbocycles. The largest absolute Gasteiger partial charge is 0.467 e. The van der Waals surface area contributed by atoms with Crippen molar-refractivity contribution in [1.82, 2.24) is 15.4 Å². The van der Waals surface area contributed by atoms with Crippen LogP contribution in [0.3, 0.4) is 0 Å². The van der Waals surface area contributed by atoms with Gasteiger partial charge in [-0.2, -0.15) is 0 Å². The van der Waals surface area contributed by atoms with E-state index in [2.05, 4.69) is 15.4 Å². The molecule has 3 N–H and O–H groups in total. The van der Waals surface area contributed by atoms with Gasteiger partial charge in [-0.25, -0.2) is 9.59 Å². The Balaban J connectivity index is 1.37. The third-order valence-corrected chi connectivity index (χ3v) is 9.49. The van der Waals surface area contributed by atoms with Gasteiger partial charge in [0, 0.05) is 29.7 Å². The first kappa shape index (κ1) is 31.4. The SMILES string of the molecule is COC(=O)C(CC1CC2(CCOCC2)NC1=O)NC(=O)[C@H](CC1CCCCC1)SNC(=O)OCc1cccc(Cl)c1. The van der Waals surface area contributed by atoms with Crippen LogP contribution >= 0.6 is 23.5 Å². The standard InChI is InChI=1S/C29H40ClN3O7S/c1-38-27(36)23(16-21-17-29(32-25(21)34)10-12-39-13-11-29)31-26(35)24(15-19-6-3-2-4-7-19)41-33-28(37)40-18-20-8-5-9-22(30)14-20/h5,8-9,14,19,21,23-24H,2-4,6-7,10-13,15-18H2,1H3,(H,31,35)(H,32,34)(H,33,37)/t21?,23?,24-/m0/s1. The van der Waals surface area contributed by atoms with Crippen molar-refractivity contribution in [1.29, 1.82) is 0 Å². The second-order valence-corrected chi connectivity index (χ2v) is 12.7. The average molecular weight is 610 g/mol.